The van der Waals surface area contributed by atoms with Crippen molar-refractivity contribution in [3.8, 4) is 0 Å². The lowest BCUT2D eigenvalue weighted by molar-refractivity contribution is 0.274. The molecular weight excluding hydrogens is 164 g/mol. The first-order chi connectivity index (χ1) is 6.38. The van der Waals surface area contributed by atoms with Crippen LogP contribution in [-0.4, -0.2) is 30.3 Å². The van der Waals surface area contributed by atoms with E-state index in [9.17, 15) is 0 Å². The normalized spacial score (nSPS) is 12.8. The molecule has 0 saturated carbocycles. The van der Waals surface area contributed by atoms with Crippen LogP contribution in [0.2, 0.25) is 0 Å². The number of likely N-dealkylation sites (N-methyl/N-ethyl adjacent to an activating group) is 1. The molecule has 2 N–H and O–H groups in total. The van der Waals surface area contributed by atoms with Gasteiger partial charge in [0.25, 0.3) is 0 Å². The van der Waals surface area contributed by atoms with E-state index in [-0.39, 0.29) is 6.61 Å². The van der Waals surface area contributed by atoms with Crippen LogP contribution >= 0.6 is 0 Å². The molecule has 0 bridgehead atoms. The van der Waals surface area contributed by atoms with E-state index >= 15 is 0 Å². The van der Waals surface area contributed by atoms with Gasteiger partial charge in [0.05, 0.1) is 0 Å². The molecule has 1 aromatic rings. The van der Waals surface area contributed by atoms with Crippen molar-refractivity contribution < 1.29 is 5.11 Å². The Morgan fingerprint density at radius 2 is 2.15 bits per heavy atom. The zero-order chi connectivity index (χ0) is 9.52. The van der Waals surface area contributed by atoms with Gasteiger partial charge in [-0.05, 0) is 37.1 Å². The molecule has 0 aliphatic rings. The predicted octanol–water partition coefficient (Wildman–Crippen LogP) is 0.767. The third-order valence-electron chi connectivity index (χ3n) is 2.11. The van der Waals surface area contributed by atoms with Crippen molar-refractivity contribution in [1.29, 1.82) is 0 Å². The largest absolute Gasteiger partial charge is 0.396 e. The van der Waals surface area contributed by atoms with Crippen LogP contribution in [0, 0.1) is 0 Å². The topological polar surface area (TPSA) is 45.1 Å². The van der Waals surface area contributed by atoms with Crippen molar-refractivity contribution in [2.75, 3.05) is 20.2 Å². The third kappa shape index (κ3) is 3.13. The molecule has 0 spiro atoms. The summed E-state index contributed by atoms with van der Waals surface area (Å²) in [5.74, 6) is 0.387. The van der Waals surface area contributed by atoms with Crippen molar-refractivity contribution >= 4 is 0 Å². The first kappa shape index (κ1) is 10.2. The summed E-state index contributed by atoms with van der Waals surface area (Å²) in [6.07, 6.45) is 4.37. The van der Waals surface area contributed by atoms with Crippen LogP contribution in [0.4, 0.5) is 0 Å². The standard InChI is InChI=1S/C10H16N2O/c1-11-8-10(4-7-13)9-2-5-12-6-3-9/h2-3,5-6,10-11,13H,4,7-8H2,1H3. The van der Waals surface area contributed by atoms with Gasteiger partial charge in [0.2, 0.25) is 0 Å². The minimum absolute atomic E-state index is 0.231. The van der Waals surface area contributed by atoms with Crippen LogP contribution in [0.25, 0.3) is 0 Å². The first-order valence-electron chi connectivity index (χ1n) is 4.54. The van der Waals surface area contributed by atoms with Crippen LogP contribution in [0.5, 0.6) is 0 Å². The van der Waals surface area contributed by atoms with Gasteiger partial charge in [0.1, 0.15) is 0 Å². The van der Waals surface area contributed by atoms with E-state index in [1.807, 2.05) is 19.2 Å². The molecule has 13 heavy (non-hydrogen) atoms. The second-order valence-corrected chi connectivity index (χ2v) is 3.05. The molecule has 0 radical (unpaired) electrons. The zero-order valence-corrected chi connectivity index (χ0v) is 7.90. The lowest BCUT2D eigenvalue weighted by atomic mass is 9.97. The summed E-state index contributed by atoms with van der Waals surface area (Å²) in [6.45, 7) is 1.12. The molecular formula is C10H16N2O. The molecule has 72 valence electrons. The molecule has 0 aliphatic carbocycles. The third-order valence-corrected chi connectivity index (χ3v) is 2.11. The van der Waals surface area contributed by atoms with Gasteiger partial charge in [0.15, 0.2) is 0 Å². The predicted molar refractivity (Wildman–Crippen MR) is 52.6 cm³/mol. The molecule has 0 fully saturated rings. The Bertz CT molecular complexity index is 220. The second kappa shape index (κ2) is 5.67. The summed E-state index contributed by atoms with van der Waals surface area (Å²) in [4.78, 5) is 3.97. The van der Waals surface area contributed by atoms with Gasteiger partial charge >= 0.3 is 0 Å². The van der Waals surface area contributed by atoms with E-state index in [1.54, 1.807) is 12.4 Å². The molecule has 1 heterocycles. The molecule has 1 aromatic heterocycles. The number of aliphatic hydroxyl groups excluding tert-OH is 1. The van der Waals surface area contributed by atoms with E-state index < -0.39 is 0 Å². The Kier molecular flexibility index (Phi) is 4.43. The van der Waals surface area contributed by atoms with Crippen molar-refractivity contribution in [3.63, 3.8) is 0 Å². The number of aliphatic hydroxyl groups is 1. The minimum atomic E-state index is 0.231. The Morgan fingerprint density at radius 3 is 2.69 bits per heavy atom. The van der Waals surface area contributed by atoms with Crippen LogP contribution in [0.1, 0.15) is 17.9 Å². The number of aromatic nitrogens is 1. The maximum Gasteiger partial charge on any atom is 0.0437 e. The summed E-state index contributed by atoms with van der Waals surface area (Å²) < 4.78 is 0. The molecule has 3 heteroatoms. The molecule has 1 unspecified atom stereocenters. The highest BCUT2D eigenvalue weighted by atomic mass is 16.3. The molecule has 0 amide bonds. The average molecular weight is 180 g/mol. The van der Waals surface area contributed by atoms with Gasteiger partial charge in [0, 0.05) is 25.5 Å². The Morgan fingerprint density at radius 1 is 1.46 bits per heavy atom. The van der Waals surface area contributed by atoms with Gasteiger partial charge in [-0.2, -0.15) is 0 Å². The smallest absolute Gasteiger partial charge is 0.0437 e. The second-order valence-electron chi connectivity index (χ2n) is 3.05. The molecule has 0 aromatic carbocycles. The molecule has 3 nitrogen and oxygen atoms in total. The van der Waals surface area contributed by atoms with Gasteiger partial charge in [-0.25, -0.2) is 0 Å². The number of hydrogen-bond donors (Lipinski definition) is 2. The monoisotopic (exact) mass is 180 g/mol. The Labute approximate surface area is 78.8 Å². The number of pyridine rings is 1. The molecule has 0 saturated heterocycles. The van der Waals surface area contributed by atoms with Gasteiger partial charge in [-0.1, -0.05) is 0 Å². The Hall–Kier alpha value is -0.930. The highest BCUT2D eigenvalue weighted by molar-refractivity contribution is 5.16. The number of hydrogen-bond acceptors (Lipinski definition) is 3. The van der Waals surface area contributed by atoms with Gasteiger partial charge in [-0.3, -0.25) is 4.98 Å². The highest BCUT2D eigenvalue weighted by Crippen LogP contribution is 2.16. The van der Waals surface area contributed by atoms with Crippen LogP contribution in [0.15, 0.2) is 24.5 Å². The van der Waals surface area contributed by atoms with Crippen LogP contribution in [-0.2, 0) is 0 Å². The summed E-state index contributed by atoms with van der Waals surface area (Å²) in [5.41, 5.74) is 1.23. The minimum Gasteiger partial charge on any atom is -0.396 e. The lowest BCUT2D eigenvalue weighted by Gasteiger charge is -2.14. The van der Waals surface area contributed by atoms with E-state index in [1.165, 1.54) is 5.56 Å². The highest BCUT2D eigenvalue weighted by Gasteiger charge is 2.08. The summed E-state index contributed by atoms with van der Waals surface area (Å²) in [5, 5.41) is 12.0. The summed E-state index contributed by atoms with van der Waals surface area (Å²) in [6, 6.07) is 4.00. The average Bonchev–Trinajstić information content (AvgIpc) is 2.19. The number of nitrogens with one attached hydrogen (secondary N) is 1. The Balaban J connectivity index is 2.64. The zero-order valence-electron chi connectivity index (χ0n) is 7.90. The van der Waals surface area contributed by atoms with Crippen molar-refractivity contribution in [1.82, 2.24) is 10.3 Å². The number of rotatable bonds is 5. The first-order valence-corrected chi connectivity index (χ1v) is 4.54. The van der Waals surface area contributed by atoms with Crippen molar-refractivity contribution in [2.45, 2.75) is 12.3 Å². The fourth-order valence-corrected chi connectivity index (χ4v) is 1.42. The number of nitrogens with zero attached hydrogens (tertiary/aromatic N) is 1. The molecule has 1 atom stereocenters. The summed E-state index contributed by atoms with van der Waals surface area (Å²) in [7, 11) is 1.92. The van der Waals surface area contributed by atoms with E-state index in [0.29, 0.717) is 5.92 Å². The van der Waals surface area contributed by atoms with Crippen molar-refractivity contribution in [3.05, 3.63) is 30.1 Å². The lowest BCUT2D eigenvalue weighted by Crippen LogP contribution is -2.18. The van der Waals surface area contributed by atoms with Crippen molar-refractivity contribution in [2.24, 2.45) is 0 Å². The fourth-order valence-electron chi connectivity index (χ4n) is 1.42. The van der Waals surface area contributed by atoms with E-state index in [0.717, 1.165) is 13.0 Å². The van der Waals surface area contributed by atoms with E-state index in [2.05, 4.69) is 10.3 Å². The quantitative estimate of drug-likeness (QED) is 0.703. The van der Waals surface area contributed by atoms with Crippen LogP contribution in [0.3, 0.4) is 0 Å². The maximum atomic E-state index is 8.88. The van der Waals surface area contributed by atoms with Gasteiger partial charge < -0.3 is 10.4 Å². The molecule has 1 rings (SSSR count). The summed E-state index contributed by atoms with van der Waals surface area (Å²) >= 11 is 0. The maximum absolute atomic E-state index is 8.88. The molecule has 0 aliphatic heterocycles. The SMILES string of the molecule is CNCC(CCO)c1ccncc1. The van der Waals surface area contributed by atoms with Crippen LogP contribution < -0.4 is 5.32 Å². The fraction of sp³-hybridized carbons (Fsp3) is 0.500. The van der Waals surface area contributed by atoms with E-state index in [4.69, 9.17) is 5.11 Å². The van der Waals surface area contributed by atoms with Gasteiger partial charge in [-0.15, -0.1) is 0 Å².